The molecule has 0 spiro atoms. The van der Waals surface area contributed by atoms with Gasteiger partial charge in [0.1, 0.15) is 6.04 Å². The highest BCUT2D eigenvalue weighted by molar-refractivity contribution is 7.89. The fraction of sp³-hybridized carbons (Fsp3) is 0.286. The Labute approximate surface area is 180 Å². The lowest BCUT2D eigenvalue weighted by Gasteiger charge is -2.23. The third-order valence-corrected chi connectivity index (χ3v) is 5.85. The molecular weight excluding hydrogens is 422 g/mol. The van der Waals surface area contributed by atoms with Crippen molar-refractivity contribution < 1.29 is 27.5 Å². The smallest absolute Gasteiger partial charge is 0.328 e. The van der Waals surface area contributed by atoms with Crippen molar-refractivity contribution in [2.45, 2.75) is 37.2 Å². The van der Waals surface area contributed by atoms with Crippen molar-refractivity contribution in [3.05, 3.63) is 59.7 Å². The highest BCUT2D eigenvalue weighted by Crippen LogP contribution is 2.33. The summed E-state index contributed by atoms with van der Waals surface area (Å²) in [5, 5.41) is 7.69. The van der Waals surface area contributed by atoms with Crippen molar-refractivity contribution in [3.8, 4) is 0 Å². The van der Waals surface area contributed by atoms with Gasteiger partial charge in [0.25, 0.3) is 11.8 Å². The van der Waals surface area contributed by atoms with Gasteiger partial charge in [-0.25, -0.2) is 18.4 Å². The number of ether oxygens (including phenoxy) is 1. The van der Waals surface area contributed by atoms with E-state index in [1.165, 1.54) is 30.0 Å². The number of nitrogens with one attached hydrogen (secondary N) is 1. The van der Waals surface area contributed by atoms with E-state index < -0.39 is 40.5 Å². The number of benzene rings is 2. The Morgan fingerprint density at radius 1 is 1.19 bits per heavy atom. The first kappa shape index (κ1) is 22.4. The molecule has 0 bridgehead atoms. The Balaban J connectivity index is 1.61. The van der Waals surface area contributed by atoms with Crippen molar-refractivity contribution in [1.29, 1.82) is 0 Å². The van der Waals surface area contributed by atoms with E-state index in [0.717, 1.165) is 0 Å². The van der Waals surface area contributed by atoms with Crippen LogP contribution < -0.4 is 15.4 Å². The maximum atomic E-state index is 12.7. The molecule has 2 aromatic carbocycles. The average molecular weight is 445 g/mol. The summed E-state index contributed by atoms with van der Waals surface area (Å²) in [6.07, 6.45) is 0.446. The molecule has 0 aromatic heterocycles. The minimum atomic E-state index is -3.85. The summed E-state index contributed by atoms with van der Waals surface area (Å²) in [6.45, 7) is 2.76. The zero-order valence-electron chi connectivity index (χ0n) is 17.1. The normalized spacial score (nSPS) is 16.4. The number of amides is 2. The van der Waals surface area contributed by atoms with Gasteiger partial charge in [-0.1, -0.05) is 18.2 Å². The van der Waals surface area contributed by atoms with Gasteiger partial charge >= 0.3 is 5.97 Å². The predicted octanol–water partition coefficient (Wildman–Crippen LogP) is 0.973. The van der Waals surface area contributed by atoms with Gasteiger partial charge in [-0.2, -0.15) is 0 Å². The number of carbonyl (C=O) groups excluding carboxylic acids is 3. The van der Waals surface area contributed by atoms with Crippen LogP contribution in [0.25, 0.3) is 0 Å². The molecule has 2 amide bonds. The number of hydrogen-bond donors (Lipinski definition) is 2. The molecular formula is C21H23N3O6S. The standard InChI is InChI=1S/C21H23N3O6S/c1-13-10-16-11-17(31(22,28)29)8-9-18(16)24(13)19(25)12-30-21(27)14(2)23-20(26)15-6-4-3-5-7-15/h3-9,11,13-14H,10,12H2,1-2H3,(H,23,26)(H2,22,28,29)/t13?,14-/m0/s1. The molecule has 2 atom stereocenters. The number of primary sulfonamides is 1. The molecule has 0 saturated heterocycles. The molecule has 1 aliphatic rings. The van der Waals surface area contributed by atoms with Gasteiger partial charge in [-0.05, 0) is 56.2 Å². The van der Waals surface area contributed by atoms with Gasteiger partial charge in [-0.15, -0.1) is 0 Å². The lowest BCUT2D eigenvalue weighted by Crippen LogP contribution is -2.42. The number of carbonyl (C=O) groups is 3. The van der Waals surface area contributed by atoms with Crippen molar-refractivity contribution >= 4 is 33.5 Å². The summed E-state index contributed by atoms with van der Waals surface area (Å²) in [6, 6.07) is 11.5. The van der Waals surface area contributed by atoms with E-state index in [2.05, 4.69) is 5.32 Å². The molecule has 3 N–H and O–H groups in total. The Kier molecular flexibility index (Phi) is 6.42. The monoisotopic (exact) mass is 445 g/mol. The van der Waals surface area contributed by atoms with Gasteiger partial charge in [-0.3, -0.25) is 9.59 Å². The maximum Gasteiger partial charge on any atom is 0.328 e. The second-order valence-electron chi connectivity index (χ2n) is 7.32. The second-order valence-corrected chi connectivity index (χ2v) is 8.88. The zero-order chi connectivity index (χ0) is 22.8. The largest absolute Gasteiger partial charge is 0.454 e. The van der Waals surface area contributed by atoms with Crippen LogP contribution >= 0.6 is 0 Å². The third-order valence-electron chi connectivity index (χ3n) is 4.94. The molecule has 2 aromatic rings. The molecule has 1 aliphatic heterocycles. The van der Waals surface area contributed by atoms with E-state index in [-0.39, 0.29) is 10.9 Å². The van der Waals surface area contributed by atoms with E-state index in [9.17, 15) is 22.8 Å². The average Bonchev–Trinajstić information content (AvgIpc) is 3.06. The summed E-state index contributed by atoms with van der Waals surface area (Å²) in [4.78, 5) is 38.5. The van der Waals surface area contributed by atoms with Crippen LogP contribution in [0.1, 0.15) is 29.8 Å². The first-order valence-corrected chi connectivity index (χ1v) is 11.1. The van der Waals surface area contributed by atoms with Crippen LogP contribution in [0.5, 0.6) is 0 Å². The zero-order valence-corrected chi connectivity index (χ0v) is 17.9. The molecule has 0 fully saturated rings. The summed E-state index contributed by atoms with van der Waals surface area (Å²) in [5.41, 5.74) is 1.62. The summed E-state index contributed by atoms with van der Waals surface area (Å²) in [5.74, 6) is -1.62. The maximum absolute atomic E-state index is 12.7. The second kappa shape index (κ2) is 8.86. The topological polar surface area (TPSA) is 136 Å². The van der Waals surface area contributed by atoms with Crippen LogP contribution in [0.3, 0.4) is 0 Å². The van der Waals surface area contributed by atoms with E-state index in [4.69, 9.17) is 9.88 Å². The van der Waals surface area contributed by atoms with Crippen LogP contribution in [0.4, 0.5) is 5.69 Å². The van der Waals surface area contributed by atoms with E-state index in [1.54, 1.807) is 37.3 Å². The van der Waals surface area contributed by atoms with Crippen LogP contribution in [-0.4, -0.2) is 44.9 Å². The molecule has 10 heteroatoms. The minimum Gasteiger partial charge on any atom is -0.454 e. The Hall–Kier alpha value is -3.24. The highest BCUT2D eigenvalue weighted by Gasteiger charge is 2.32. The number of anilines is 1. The molecule has 31 heavy (non-hydrogen) atoms. The summed E-state index contributed by atoms with van der Waals surface area (Å²) >= 11 is 0. The van der Waals surface area contributed by atoms with E-state index in [1.807, 2.05) is 0 Å². The Bertz CT molecular complexity index is 1120. The van der Waals surface area contributed by atoms with Gasteiger partial charge < -0.3 is 15.0 Å². The fourth-order valence-corrected chi connectivity index (χ4v) is 3.98. The van der Waals surface area contributed by atoms with Crippen molar-refractivity contribution in [1.82, 2.24) is 5.32 Å². The number of esters is 1. The molecule has 0 saturated carbocycles. The highest BCUT2D eigenvalue weighted by atomic mass is 32.2. The number of fused-ring (bicyclic) bond motifs is 1. The minimum absolute atomic E-state index is 0.0258. The van der Waals surface area contributed by atoms with Crippen molar-refractivity contribution in [2.24, 2.45) is 5.14 Å². The van der Waals surface area contributed by atoms with Crippen LogP contribution in [0.2, 0.25) is 0 Å². The quantitative estimate of drug-likeness (QED) is 0.636. The number of sulfonamides is 1. The van der Waals surface area contributed by atoms with Gasteiger partial charge in [0.2, 0.25) is 10.0 Å². The molecule has 0 radical (unpaired) electrons. The molecule has 1 unspecified atom stereocenters. The number of hydrogen-bond acceptors (Lipinski definition) is 6. The summed E-state index contributed by atoms with van der Waals surface area (Å²) in [7, 11) is -3.85. The molecule has 1 heterocycles. The lowest BCUT2D eigenvalue weighted by molar-refractivity contribution is -0.149. The molecule has 164 valence electrons. The summed E-state index contributed by atoms with van der Waals surface area (Å²) < 4.78 is 28.2. The van der Waals surface area contributed by atoms with E-state index >= 15 is 0 Å². The molecule has 3 rings (SSSR count). The first-order chi connectivity index (χ1) is 14.6. The predicted molar refractivity (Wildman–Crippen MR) is 113 cm³/mol. The Morgan fingerprint density at radius 2 is 1.87 bits per heavy atom. The van der Waals surface area contributed by atoms with Gasteiger partial charge in [0.05, 0.1) is 4.90 Å². The third kappa shape index (κ3) is 5.09. The fourth-order valence-electron chi connectivity index (χ4n) is 3.42. The van der Waals surface area contributed by atoms with Gasteiger partial charge in [0, 0.05) is 17.3 Å². The number of rotatable bonds is 6. The number of nitrogens with two attached hydrogens (primary N) is 1. The van der Waals surface area contributed by atoms with Crippen molar-refractivity contribution in [3.63, 3.8) is 0 Å². The lowest BCUT2D eigenvalue weighted by atomic mass is 10.1. The van der Waals surface area contributed by atoms with Crippen LogP contribution in [0.15, 0.2) is 53.4 Å². The van der Waals surface area contributed by atoms with Crippen molar-refractivity contribution in [2.75, 3.05) is 11.5 Å². The van der Waals surface area contributed by atoms with Crippen LogP contribution in [0, 0.1) is 0 Å². The first-order valence-electron chi connectivity index (χ1n) is 9.58. The molecule has 0 aliphatic carbocycles. The van der Waals surface area contributed by atoms with Crippen LogP contribution in [-0.2, 0) is 30.8 Å². The molecule has 9 nitrogen and oxygen atoms in total. The van der Waals surface area contributed by atoms with Gasteiger partial charge in [0.15, 0.2) is 6.61 Å². The SMILES string of the molecule is CC1Cc2cc(S(N)(=O)=O)ccc2N1C(=O)COC(=O)[C@H](C)NC(=O)c1ccccc1. The number of nitrogens with zero attached hydrogens (tertiary/aromatic N) is 1. The Morgan fingerprint density at radius 3 is 2.52 bits per heavy atom. The van der Waals surface area contributed by atoms with E-state index in [0.29, 0.717) is 23.2 Å².